The highest BCUT2D eigenvalue weighted by molar-refractivity contribution is 5.90. The molecular weight excluding hydrogens is 281 g/mol. The van der Waals surface area contributed by atoms with E-state index in [1.54, 1.807) is 0 Å². The molecule has 21 heavy (non-hydrogen) atoms. The summed E-state index contributed by atoms with van der Waals surface area (Å²) >= 11 is 0. The van der Waals surface area contributed by atoms with Gasteiger partial charge in [-0.2, -0.15) is 13.2 Å². The molecule has 2 rings (SSSR count). The average Bonchev–Trinajstić information content (AvgIpc) is 2.38. The normalized spacial score (nSPS) is 18.1. The fraction of sp³-hybridized carbons (Fsp3) is 0.533. The van der Waals surface area contributed by atoms with Crippen LogP contribution in [0.3, 0.4) is 0 Å². The van der Waals surface area contributed by atoms with Crippen LogP contribution in [0.2, 0.25) is 0 Å². The Bertz CT molecular complexity index is 508. The first-order chi connectivity index (χ1) is 9.80. The van der Waals surface area contributed by atoms with Gasteiger partial charge in [0.1, 0.15) is 0 Å². The van der Waals surface area contributed by atoms with Crippen LogP contribution in [0, 0.1) is 0 Å². The van der Waals surface area contributed by atoms with Crippen molar-refractivity contribution in [1.29, 1.82) is 0 Å². The summed E-state index contributed by atoms with van der Waals surface area (Å²) in [7, 11) is 0. The van der Waals surface area contributed by atoms with Crippen LogP contribution in [-0.2, 0) is 6.18 Å². The van der Waals surface area contributed by atoms with Gasteiger partial charge in [0.25, 0.3) is 0 Å². The molecule has 0 aliphatic heterocycles. The molecule has 0 atom stereocenters. The molecular formula is C15H19F3N2O. The predicted octanol–water partition coefficient (Wildman–Crippen LogP) is 4.55. The molecule has 3 nitrogen and oxygen atoms in total. The molecule has 116 valence electrons. The molecule has 0 spiro atoms. The lowest BCUT2D eigenvalue weighted by Crippen LogP contribution is -2.49. The zero-order valence-corrected chi connectivity index (χ0v) is 11.9. The summed E-state index contributed by atoms with van der Waals surface area (Å²) < 4.78 is 38.6. The van der Waals surface area contributed by atoms with E-state index in [1.807, 2.05) is 6.92 Å². The van der Waals surface area contributed by atoms with Gasteiger partial charge in [-0.15, -0.1) is 0 Å². The lowest BCUT2D eigenvalue weighted by Gasteiger charge is -2.34. The summed E-state index contributed by atoms with van der Waals surface area (Å²) in [5.74, 6) is 0. The molecule has 1 saturated carbocycles. The summed E-state index contributed by atoms with van der Waals surface area (Å²) in [6.45, 7) is 1.93. The third-order valence-corrected chi connectivity index (χ3v) is 3.85. The number of urea groups is 1. The Morgan fingerprint density at radius 1 is 1.14 bits per heavy atom. The Hall–Kier alpha value is -1.72. The van der Waals surface area contributed by atoms with Gasteiger partial charge in [0.15, 0.2) is 0 Å². The maximum absolute atomic E-state index is 12.9. The van der Waals surface area contributed by atoms with Gasteiger partial charge in [-0.1, -0.05) is 31.4 Å². The zero-order valence-electron chi connectivity index (χ0n) is 11.9. The molecule has 0 aromatic heterocycles. The number of nitrogens with one attached hydrogen (secondary N) is 2. The van der Waals surface area contributed by atoms with Crippen LogP contribution in [0.25, 0.3) is 0 Å². The molecule has 0 unspecified atom stereocenters. The number of carbonyl (C=O) groups excluding carboxylic acids is 1. The van der Waals surface area contributed by atoms with Crippen LogP contribution in [0.15, 0.2) is 24.3 Å². The second kappa shape index (κ2) is 5.95. The van der Waals surface area contributed by atoms with E-state index in [1.165, 1.54) is 18.2 Å². The van der Waals surface area contributed by atoms with Gasteiger partial charge >= 0.3 is 12.2 Å². The summed E-state index contributed by atoms with van der Waals surface area (Å²) in [6, 6.07) is 4.39. The quantitative estimate of drug-likeness (QED) is 0.826. The molecule has 2 N–H and O–H groups in total. The monoisotopic (exact) mass is 300 g/mol. The Balaban J connectivity index is 2.06. The highest BCUT2D eigenvalue weighted by atomic mass is 19.4. The summed E-state index contributed by atoms with van der Waals surface area (Å²) in [5, 5.41) is 5.12. The van der Waals surface area contributed by atoms with E-state index in [0.717, 1.165) is 38.2 Å². The smallest absolute Gasteiger partial charge is 0.333 e. The Morgan fingerprint density at radius 2 is 1.76 bits per heavy atom. The second-order valence-corrected chi connectivity index (χ2v) is 5.74. The van der Waals surface area contributed by atoms with Gasteiger partial charge in [-0.05, 0) is 31.9 Å². The number of carbonyl (C=O) groups is 1. The van der Waals surface area contributed by atoms with Gasteiger partial charge in [0.2, 0.25) is 0 Å². The number of hydrogen-bond acceptors (Lipinski definition) is 1. The van der Waals surface area contributed by atoms with E-state index in [-0.39, 0.29) is 11.2 Å². The van der Waals surface area contributed by atoms with Gasteiger partial charge in [0.05, 0.1) is 11.3 Å². The van der Waals surface area contributed by atoms with Crippen molar-refractivity contribution < 1.29 is 18.0 Å². The number of benzene rings is 1. The van der Waals surface area contributed by atoms with Crippen LogP contribution in [0.4, 0.5) is 23.7 Å². The third-order valence-electron chi connectivity index (χ3n) is 3.85. The van der Waals surface area contributed by atoms with Crippen LogP contribution >= 0.6 is 0 Å². The van der Waals surface area contributed by atoms with Crippen molar-refractivity contribution in [2.75, 3.05) is 5.32 Å². The fourth-order valence-corrected chi connectivity index (χ4v) is 2.72. The molecule has 1 aliphatic carbocycles. The minimum atomic E-state index is -4.49. The highest BCUT2D eigenvalue weighted by Gasteiger charge is 2.34. The number of halogens is 3. The van der Waals surface area contributed by atoms with E-state index in [0.29, 0.717) is 0 Å². The lowest BCUT2D eigenvalue weighted by atomic mass is 9.83. The number of para-hydroxylation sites is 1. The van der Waals surface area contributed by atoms with E-state index in [4.69, 9.17) is 0 Å². The van der Waals surface area contributed by atoms with Crippen LogP contribution in [0.1, 0.15) is 44.6 Å². The molecule has 1 aliphatic rings. The number of amides is 2. The average molecular weight is 300 g/mol. The van der Waals surface area contributed by atoms with Crippen molar-refractivity contribution in [2.45, 2.75) is 50.7 Å². The number of hydrogen-bond donors (Lipinski definition) is 2. The zero-order chi connectivity index (χ0) is 15.5. The van der Waals surface area contributed by atoms with Crippen molar-refractivity contribution in [3.63, 3.8) is 0 Å². The summed E-state index contributed by atoms with van der Waals surface area (Å²) in [4.78, 5) is 12.0. The van der Waals surface area contributed by atoms with E-state index in [2.05, 4.69) is 10.6 Å². The molecule has 0 heterocycles. The lowest BCUT2D eigenvalue weighted by molar-refractivity contribution is -0.136. The molecule has 1 fully saturated rings. The summed E-state index contributed by atoms with van der Waals surface area (Å²) in [6.07, 6.45) is 0.392. The SMILES string of the molecule is CC1(NC(=O)Nc2ccccc2C(F)(F)F)CCCCC1. The predicted molar refractivity (Wildman–Crippen MR) is 75.1 cm³/mol. The molecule has 1 aromatic rings. The van der Waals surface area contributed by atoms with E-state index in [9.17, 15) is 18.0 Å². The molecule has 0 radical (unpaired) electrons. The number of rotatable bonds is 2. The van der Waals surface area contributed by atoms with Crippen molar-refractivity contribution in [3.8, 4) is 0 Å². The van der Waals surface area contributed by atoms with Gasteiger partial charge in [0, 0.05) is 5.54 Å². The van der Waals surface area contributed by atoms with Crippen LogP contribution in [0.5, 0.6) is 0 Å². The van der Waals surface area contributed by atoms with Gasteiger partial charge in [-0.25, -0.2) is 4.79 Å². The topological polar surface area (TPSA) is 41.1 Å². The highest BCUT2D eigenvalue weighted by Crippen LogP contribution is 2.34. The Kier molecular flexibility index (Phi) is 4.44. The van der Waals surface area contributed by atoms with Gasteiger partial charge < -0.3 is 10.6 Å². The number of alkyl halides is 3. The minimum absolute atomic E-state index is 0.220. The standard InChI is InChI=1S/C15H19F3N2O/c1-14(9-5-2-6-10-14)20-13(21)19-12-8-4-3-7-11(12)15(16,17)18/h3-4,7-8H,2,5-6,9-10H2,1H3,(H2,19,20,21). The molecule has 0 bridgehead atoms. The maximum Gasteiger partial charge on any atom is 0.418 e. The van der Waals surface area contributed by atoms with Crippen LogP contribution < -0.4 is 10.6 Å². The van der Waals surface area contributed by atoms with Crippen molar-refractivity contribution in [3.05, 3.63) is 29.8 Å². The summed E-state index contributed by atoms with van der Waals surface area (Å²) in [5.41, 5.74) is -1.40. The van der Waals surface area contributed by atoms with E-state index >= 15 is 0 Å². The fourth-order valence-electron chi connectivity index (χ4n) is 2.72. The molecule has 6 heteroatoms. The van der Waals surface area contributed by atoms with Crippen LogP contribution in [-0.4, -0.2) is 11.6 Å². The molecule has 0 saturated heterocycles. The Morgan fingerprint density at radius 3 is 2.38 bits per heavy atom. The first kappa shape index (κ1) is 15.7. The number of anilines is 1. The Labute approximate surface area is 121 Å². The minimum Gasteiger partial charge on any atom is -0.333 e. The second-order valence-electron chi connectivity index (χ2n) is 5.74. The van der Waals surface area contributed by atoms with E-state index < -0.39 is 17.8 Å². The van der Waals surface area contributed by atoms with Crippen molar-refractivity contribution in [1.82, 2.24) is 5.32 Å². The van der Waals surface area contributed by atoms with Crippen molar-refractivity contribution >= 4 is 11.7 Å². The largest absolute Gasteiger partial charge is 0.418 e. The van der Waals surface area contributed by atoms with Crippen molar-refractivity contribution in [2.24, 2.45) is 0 Å². The first-order valence-electron chi connectivity index (χ1n) is 7.06. The third kappa shape index (κ3) is 4.12. The maximum atomic E-state index is 12.9. The molecule has 2 amide bonds. The molecule has 1 aromatic carbocycles. The van der Waals surface area contributed by atoms with Gasteiger partial charge in [-0.3, -0.25) is 0 Å². The first-order valence-corrected chi connectivity index (χ1v) is 7.06.